The van der Waals surface area contributed by atoms with E-state index in [4.69, 9.17) is 0 Å². The van der Waals surface area contributed by atoms with Gasteiger partial charge in [0.05, 0.1) is 12.2 Å². The monoisotopic (exact) mass is 266 g/mol. The van der Waals surface area contributed by atoms with Crippen LogP contribution in [0.3, 0.4) is 0 Å². The van der Waals surface area contributed by atoms with Gasteiger partial charge < -0.3 is 5.32 Å². The molecule has 1 fully saturated rings. The Morgan fingerprint density at radius 2 is 2.00 bits per heavy atom. The molecule has 1 aliphatic carbocycles. The molecule has 1 heterocycles. The van der Waals surface area contributed by atoms with Gasteiger partial charge >= 0.3 is 0 Å². The number of rotatable bonds is 4. The first-order chi connectivity index (χ1) is 9.74. The second-order valence-corrected chi connectivity index (χ2v) is 5.35. The van der Waals surface area contributed by atoms with E-state index < -0.39 is 0 Å². The zero-order valence-corrected chi connectivity index (χ0v) is 11.5. The molecule has 1 saturated carbocycles. The summed E-state index contributed by atoms with van der Waals surface area (Å²) < 4.78 is 0. The van der Waals surface area contributed by atoms with E-state index in [0.717, 1.165) is 17.8 Å². The van der Waals surface area contributed by atoms with Gasteiger partial charge in [-0.15, -0.1) is 0 Å². The SMILES string of the molecule is Cc1cccc(CNC(=O)C2CC2c2ccccc2)n1. The number of nitrogens with one attached hydrogen (secondary N) is 1. The predicted octanol–water partition coefficient (Wildman–Crippen LogP) is 2.81. The van der Waals surface area contributed by atoms with Crippen molar-refractivity contribution in [2.75, 3.05) is 0 Å². The van der Waals surface area contributed by atoms with Crippen LogP contribution in [0.4, 0.5) is 0 Å². The fourth-order valence-electron chi connectivity index (χ4n) is 2.56. The molecule has 102 valence electrons. The van der Waals surface area contributed by atoms with Crippen molar-refractivity contribution in [1.29, 1.82) is 0 Å². The molecular weight excluding hydrogens is 248 g/mol. The van der Waals surface area contributed by atoms with Crippen molar-refractivity contribution in [3.8, 4) is 0 Å². The average Bonchev–Trinajstić information content (AvgIpc) is 3.26. The fourth-order valence-corrected chi connectivity index (χ4v) is 2.56. The van der Waals surface area contributed by atoms with Gasteiger partial charge in [-0.05, 0) is 37.0 Å². The van der Waals surface area contributed by atoms with Crippen molar-refractivity contribution in [3.63, 3.8) is 0 Å². The summed E-state index contributed by atoms with van der Waals surface area (Å²) in [6.07, 6.45) is 0.955. The van der Waals surface area contributed by atoms with Crippen molar-refractivity contribution in [2.45, 2.75) is 25.8 Å². The molecule has 3 rings (SSSR count). The summed E-state index contributed by atoms with van der Waals surface area (Å²) in [5, 5.41) is 2.99. The van der Waals surface area contributed by atoms with Crippen LogP contribution in [0.1, 0.15) is 29.3 Å². The van der Waals surface area contributed by atoms with Gasteiger partial charge in [0.2, 0.25) is 5.91 Å². The van der Waals surface area contributed by atoms with Gasteiger partial charge in [0.1, 0.15) is 0 Å². The Morgan fingerprint density at radius 1 is 1.20 bits per heavy atom. The molecule has 1 aliphatic rings. The Kier molecular flexibility index (Phi) is 3.50. The van der Waals surface area contributed by atoms with Gasteiger partial charge in [0, 0.05) is 11.6 Å². The third-order valence-corrected chi connectivity index (χ3v) is 3.74. The molecule has 0 spiro atoms. The molecule has 2 unspecified atom stereocenters. The van der Waals surface area contributed by atoms with Crippen molar-refractivity contribution in [3.05, 3.63) is 65.5 Å². The van der Waals surface area contributed by atoms with Gasteiger partial charge in [-0.25, -0.2) is 0 Å². The molecule has 0 radical (unpaired) electrons. The van der Waals surface area contributed by atoms with Crippen LogP contribution in [0.2, 0.25) is 0 Å². The Labute approximate surface area is 119 Å². The first kappa shape index (κ1) is 12.9. The number of hydrogen-bond acceptors (Lipinski definition) is 2. The zero-order chi connectivity index (χ0) is 13.9. The molecule has 1 aromatic heterocycles. The molecule has 2 aromatic rings. The number of nitrogens with zero attached hydrogens (tertiary/aromatic N) is 1. The number of carbonyl (C=O) groups excluding carboxylic acids is 1. The van der Waals surface area contributed by atoms with Crippen LogP contribution in [-0.4, -0.2) is 10.9 Å². The number of carbonyl (C=O) groups is 1. The molecule has 0 saturated heterocycles. The lowest BCUT2D eigenvalue weighted by Crippen LogP contribution is -2.25. The zero-order valence-electron chi connectivity index (χ0n) is 11.5. The second kappa shape index (κ2) is 5.45. The summed E-state index contributed by atoms with van der Waals surface area (Å²) in [4.78, 5) is 16.5. The standard InChI is InChI=1S/C17H18N2O/c1-12-6-5-9-14(19-12)11-18-17(20)16-10-15(16)13-7-3-2-4-8-13/h2-9,15-16H,10-11H2,1H3,(H,18,20). The summed E-state index contributed by atoms with van der Waals surface area (Å²) in [5.41, 5.74) is 3.15. The second-order valence-electron chi connectivity index (χ2n) is 5.35. The van der Waals surface area contributed by atoms with Crippen LogP contribution in [0.25, 0.3) is 0 Å². The van der Waals surface area contributed by atoms with E-state index in [0.29, 0.717) is 12.5 Å². The first-order valence-electron chi connectivity index (χ1n) is 6.99. The predicted molar refractivity (Wildman–Crippen MR) is 78.1 cm³/mol. The minimum atomic E-state index is 0.127. The van der Waals surface area contributed by atoms with Crippen LogP contribution in [0.5, 0.6) is 0 Å². The van der Waals surface area contributed by atoms with E-state index in [1.165, 1.54) is 5.56 Å². The number of hydrogen-bond donors (Lipinski definition) is 1. The van der Waals surface area contributed by atoms with Gasteiger partial charge in [-0.3, -0.25) is 9.78 Å². The summed E-state index contributed by atoms with van der Waals surface area (Å²) in [6.45, 7) is 2.47. The van der Waals surface area contributed by atoms with Gasteiger partial charge in [-0.2, -0.15) is 0 Å². The molecule has 3 heteroatoms. The first-order valence-corrected chi connectivity index (χ1v) is 6.99. The molecule has 3 nitrogen and oxygen atoms in total. The van der Waals surface area contributed by atoms with Crippen LogP contribution < -0.4 is 5.32 Å². The number of amides is 1. The molecule has 2 atom stereocenters. The van der Waals surface area contributed by atoms with E-state index in [1.54, 1.807) is 0 Å². The van der Waals surface area contributed by atoms with E-state index in [1.807, 2.05) is 43.3 Å². The van der Waals surface area contributed by atoms with Gasteiger partial charge in [0.15, 0.2) is 0 Å². The van der Waals surface area contributed by atoms with Gasteiger partial charge in [-0.1, -0.05) is 36.4 Å². The quantitative estimate of drug-likeness (QED) is 0.924. The molecule has 1 N–H and O–H groups in total. The highest BCUT2D eigenvalue weighted by Gasteiger charge is 2.43. The fraction of sp³-hybridized carbons (Fsp3) is 0.294. The Hall–Kier alpha value is -2.16. The normalized spacial score (nSPS) is 20.4. The van der Waals surface area contributed by atoms with Crippen molar-refractivity contribution >= 4 is 5.91 Å². The highest BCUT2D eigenvalue weighted by Crippen LogP contribution is 2.47. The van der Waals surface area contributed by atoms with E-state index in [2.05, 4.69) is 22.4 Å². The lowest BCUT2D eigenvalue weighted by Gasteiger charge is -2.05. The van der Waals surface area contributed by atoms with Crippen molar-refractivity contribution in [2.24, 2.45) is 5.92 Å². The molecule has 1 aromatic carbocycles. The molecular formula is C17H18N2O. The molecule has 20 heavy (non-hydrogen) atoms. The van der Waals surface area contributed by atoms with Gasteiger partial charge in [0.25, 0.3) is 0 Å². The average molecular weight is 266 g/mol. The summed E-state index contributed by atoms with van der Waals surface area (Å²) >= 11 is 0. The number of aryl methyl sites for hydroxylation is 1. The highest BCUT2D eigenvalue weighted by atomic mass is 16.2. The van der Waals surface area contributed by atoms with Crippen LogP contribution in [-0.2, 0) is 11.3 Å². The Morgan fingerprint density at radius 3 is 2.75 bits per heavy atom. The summed E-state index contributed by atoms with van der Waals surface area (Å²) in [7, 11) is 0. The highest BCUT2D eigenvalue weighted by molar-refractivity contribution is 5.82. The van der Waals surface area contributed by atoms with E-state index >= 15 is 0 Å². The van der Waals surface area contributed by atoms with E-state index in [9.17, 15) is 4.79 Å². The maximum absolute atomic E-state index is 12.1. The molecule has 0 aliphatic heterocycles. The van der Waals surface area contributed by atoms with Crippen LogP contribution >= 0.6 is 0 Å². The third-order valence-electron chi connectivity index (χ3n) is 3.74. The molecule has 0 bridgehead atoms. The minimum absolute atomic E-state index is 0.127. The van der Waals surface area contributed by atoms with E-state index in [-0.39, 0.29) is 11.8 Å². The summed E-state index contributed by atoms with van der Waals surface area (Å²) in [5.74, 6) is 0.658. The lowest BCUT2D eigenvalue weighted by atomic mass is 10.1. The Bertz CT molecular complexity index is 609. The molecule has 1 amide bonds. The van der Waals surface area contributed by atoms with Crippen LogP contribution in [0.15, 0.2) is 48.5 Å². The topological polar surface area (TPSA) is 42.0 Å². The maximum Gasteiger partial charge on any atom is 0.224 e. The largest absolute Gasteiger partial charge is 0.350 e. The number of aromatic nitrogens is 1. The van der Waals surface area contributed by atoms with Crippen molar-refractivity contribution in [1.82, 2.24) is 10.3 Å². The van der Waals surface area contributed by atoms with Crippen molar-refractivity contribution < 1.29 is 4.79 Å². The minimum Gasteiger partial charge on any atom is -0.350 e. The van der Waals surface area contributed by atoms with Crippen LogP contribution in [0, 0.1) is 12.8 Å². The number of pyridine rings is 1. The maximum atomic E-state index is 12.1. The smallest absolute Gasteiger partial charge is 0.224 e. The third kappa shape index (κ3) is 2.87. The lowest BCUT2D eigenvalue weighted by molar-refractivity contribution is -0.122. The number of benzene rings is 1. The Balaban J connectivity index is 1.54. The summed E-state index contributed by atoms with van der Waals surface area (Å²) in [6, 6.07) is 16.1.